The summed E-state index contributed by atoms with van der Waals surface area (Å²) < 4.78 is 53.0. The number of nitrogens with one attached hydrogen (secondary N) is 3. The van der Waals surface area contributed by atoms with Gasteiger partial charge in [0.2, 0.25) is 0 Å². The fourth-order valence-electron chi connectivity index (χ4n) is 5.25. The van der Waals surface area contributed by atoms with Crippen LogP contribution in [0, 0.1) is 0 Å². The number of anilines is 4. The maximum atomic E-state index is 11.8. The fraction of sp³-hybridized carbons (Fsp3) is 0.361. The maximum absolute atomic E-state index is 11.8. The van der Waals surface area contributed by atoms with Crippen LogP contribution in [-0.4, -0.2) is 163 Å². The summed E-state index contributed by atoms with van der Waals surface area (Å²) in [6.45, 7) is 2.51. The van der Waals surface area contributed by atoms with E-state index in [9.17, 15) is 32.6 Å². The summed E-state index contributed by atoms with van der Waals surface area (Å²) in [7, 11) is -15.8. The molecule has 1 amide bonds. The van der Waals surface area contributed by atoms with Gasteiger partial charge in [-0.2, -0.15) is 0 Å². The van der Waals surface area contributed by atoms with Gasteiger partial charge in [-0.15, -0.1) is 0 Å². The van der Waals surface area contributed by atoms with Gasteiger partial charge in [0, 0.05) is 69.0 Å². The molecule has 6 rings (SSSR count). The van der Waals surface area contributed by atoms with Gasteiger partial charge in [0.25, 0.3) is 5.91 Å². The first-order chi connectivity index (χ1) is 33.3. The molecule has 0 bridgehead atoms. The highest BCUT2D eigenvalue weighted by atomic mass is 31.2. The smallest absolute Gasteiger partial charge is 0.376 e. The normalized spacial score (nSPS) is 17.3. The predicted octanol–water partition coefficient (Wildman–Crippen LogP) is -5.19. The Labute approximate surface area is 409 Å². The standard InChI is InChI=1S/C12H19N2O6P.2C5H7N2O3P.C5H10N2O2.C5H9NO3.C4H6N3O3P/c1-19-6-7-20-5-4-14-12(15)9-2-3-10(13)11(8-9)21(16,17)18;6-4-1-2-7-3-5(4)11(8,9)10;6-4-2-1-3-7-5(4)11(8,9)10;6-3-1-4(5(8)9)7-2-3;7-3-1-4(5(8)9)6-2-3;5-3-1-6-2-7-4(3)11(8,9)10/h2-3,8H,4-7,13H2,1H3,(H,14,15)(H2,16,17,18);1-3H,(H2,6,7)(H2,8,9,10);1-3H,6H2,(H2,8,9,10);3-4,7H,1-2,6H2,(H,8,9);3-4,6-7H,1-2H2,(H,8,9);1-2H,5H2,(H2,8,9,10)/t;;;2*3-,4+;/m...11./s1. The highest BCUT2D eigenvalue weighted by Crippen LogP contribution is 2.37. The van der Waals surface area contributed by atoms with Crippen LogP contribution in [0.5, 0.6) is 0 Å². The van der Waals surface area contributed by atoms with E-state index in [1.165, 1.54) is 42.7 Å². The minimum absolute atomic E-state index is 0.0147. The summed E-state index contributed by atoms with van der Waals surface area (Å²) >= 11 is 0. The third kappa shape index (κ3) is 24.8. The fourth-order valence-corrected chi connectivity index (χ4v) is 7.82. The number of amides is 1. The molecule has 2 fully saturated rings. The molecule has 0 saturated carbocycles. The van der Waals surface area contributed by atoms with Crippen molar-refractivity contribution in [3.63, 3.8) is 0 Å². The summed E-state index contributed by atoms with van der Waals surface area (Å²) in [5.74, 6) is -2.14. The van der Waals surface area contributed by atoms with Gasteiger partial charge in [0.15, 0.2) is 10.9 Å². The summed E-state index contributed by atoms with van der Waals surface area (Å²) in [4.78, 5) is 116. The number of β-amino-alcohol motifs (C(OH)–C–C–N with tert-alkyl or cyclic N) is 1. The zero-order valence-corrected chi connectivity index (χ0v) is 41.5. The summed E-state index contributed by atoms with van der Waals surface area (Å²) in [5.41, 5.74) is 25.9. The molecule has 36 heteroatoms. The number of hydrogen-bond donors (Lipinski definition) is 19. The second kappa shape index (κ2) is 30.6. The van der Waals surface area contributed by atoms with Crippen LogP contribution in [-0.2, 0) is 37.3 Å². The van der Waals surface area contributed by atoms with Crippen LogP contribution < -0.4 is 66.1 Å². The molecule has 0 unspecified atom stereocenters. The van der Waals surface area contributed by atoms with Crippen LogP contribution in [0.15, 0.2) is 67.5 Å². The number of nitrogens with zero attached hydrogens (tertiary/aromatic N) is 4. The molecule has 0 aliphatic carbocycles. The Hall–Kier alpha value is -5.43. The van der Waals surface area contributed by atoms with Crippen molar-refractivity contribution in [1.29, 1.82) is 0 Å². The Morgan fingerprint density at radius 1 is 0.681 bits per heavy atom. The number of carbonyl (C=O) groups is 3. The zero-order valence-electron chi connectivity index (χ0n) is 37.9. The summed E-state index contributed by atoms with van der Waals surface area (Å²) in [6.07, 6.45) is 6.29. The van der Waals surface area contributed by atoms with E-state index in [0.717, 1.165) is 24.8 Å². The number of ether oxygens (including phenoxy) is 2. The van der Waals surface area contributed by atoms with Crippen molar-refractivity contribution in [2.24, 2.45) is 5.73 Å². The third-order valence-electron chi connectivity index (χ3n) is 8.67. The van der Waals surface area contributed by atoms with E-state index in [0.29, 0.717) is 45.8 Å². The number of nitrogen functional groups attached to an aromatic ring is 4. The first kappa shape index (κ1) is 64.6. The maximum Gasteiger partial charge on any atom is 0.376 e. The van der Waals surface area contributed by atoms with Crippen LogP contribution in [0.4, 0.5) is 22.7 Å². The van der Waals surface area contributed by atoms with Crippen molar-refractivity contribution in [2.75, 3.05) is 69.5 Å². The van der Waals surface area contributed by atoms with E-state index in [-0.39, 0.29) is 56.9 Å². The number of methoxy groups -OCH3 is 1. The lowest BCUT2D eigenvalue weighted by molar-refractivity contribution is -0.140. The largest absolute Gasteiger partial charge is 0.480 e. The van der Waals surface area contributed by atoms with E-state index in [2.05, 4.69) is 35.9 Å². The van der Waals surface area contributed by atoms with Gasteiger partial charge < -0.3 is 109 Å². The lowest BCUT2D eigenvalue weighted by Crippen LogP contribution is -2.30. The number of aliphatic hydroxyl groups excluding tert-OH is 1. The van der Waals surface area contributed by atoms with Gasteiger partial charge in [-0.3, -0.25) is 37.6 Å². The molecule has 24 N–H and O–H groups in total. The van der Waals surface area contributed by atoms with Crippen molar-refractivity contribution in [3.8, 4) is 0 Å². The Kier molecular flexibility index (Phi) is 27.4. The molecular formula is C36H58N12O20P4. The number of benzene rings is 1. The van der Waals surface area contributed by atoms with Crippen molar-refractivity contribution < 1.29 is 96.6 Å². The van der Waals surface area contributed by atoms with Gasteiger partial charge >= 0.3 is 42.3 Å². The molecule has 4 atom stereocenters. The topological polar surface area (TPSA) is 578 Å². The number of nitrogens with two attached hydrogens (primary N) is 5. The second-order valence-electron chi connectivity index (χ2n) is 14.4. The monoisotopic (exact) mass is 1100 g/mol. The summed E-state index contributed by atoms with van der Waals surface area (Å²) in [5, 5.41) is 33.0. The van der Waals surface area contributed by atoms with Gasteiger partial charge in [0.1, 0.15) is 23.7 Å². The number of aromatic nitrogens is 4. The molecule has 3 aromatic heterocycles. The lowest BCUT2D eigenvalue weighted by atomic mass is 10.2. The molecule has 402 valence electrons. The molecule has 0 spiro atoms. The molecular weight excluding hydrogens is 1040 g/mol. The molecule has 2 aliphatic rings. The molecule has 2 aliphatic heterocycles. The Bertz CT molecular complexity index is 2390. The predicted molar refractivity (Wildman–Crippen MR) is 258 cm³/mol. The van der Waals surface area contributed by atoms with Crippen LogP contribution >= 0.6 is 30.4 Å². The van der Waals surface area contributed by atoms with Crippen LogP contribution in [0.2, 0.25) is 0 Å². The average Bonchev–Trinajstić information content (AvgIpc) is 3.93. The molecule has 1 aromatic carbocycles. The number of pyridine rings is 2. The SMILES string of the molecule is COCCOCCNC(=O)c1ccc(N)c(P(=O)(O)O)c1.N[C@H]1CN[C@H](C(=O)O)C1.Nc1cccnc1P(=O)(O)O.Nc1ccncc1P(=O)(O)O.Nc1cncnc1P(=O)(O)O.O=C(O)[C@@H]1C[C@@H](O)CN1. The first-order valence-electron chi connectivity index (χ1n) is 20.1. The van der Waals surface area contributed by atoms with E-state index >= 15 is 0 Å². The van der Waals surface area contributed by atoms with E-state index in [4.69, 9.17) is 92.6 Å². The van der Waals surface area contributed by atoms with Crippen molar-refractivity contribution >= 4 is 92.5 Å². The zero-order chi connectivity index (χ0) is 55.0. The van der Waals surface area contributed by atoms with Gasteiger partial charge in [0.05, 0.1) is 54.5 Å². The van der Waals surface area contributed by atoms with E-state index in [1.807, 2.05) is 0 Å². The van der Waals surface area contributed by atoms with Crippen LogP contribution in [0.25, 0.3) is 0 Å². The van der Waals surface area contributed by atoms with Gasteiger partial charge in [-0.05, 0) is 42.8 Å². The van der Waals surface area contributed by atoms with Crippen LogP contribution in [0.3, 0.4) is 0 Å². The Morgan fingerprint density at radius 2 is 1.25 bits per heavy atom. The number of hydrogen-bond acceptors (Lipinski definition) is 21. The summed E-state index contributed by atoms with van der Waals surface area (Å²) in [6, 6.07) is 7.08. The van der Waals surface area contributed by atoms with Gasteiger partial charge in [-0.1, -0.05) is 0 Å². The third-order valence-corrected chi connectivity index (χ3v) is 12.5. The second-order valence-corrected chi connectivity index (χ2v) is 20.6. The Morgan fingerprint density at radius 3 is 1.65 bits per heavy atom. The first-order valence-corrected chi connectivity index (χ1v) is 26.6. The molecule has 4 aromatic rings. The average molecular weight is 1100 g/mol. The number of rotatable bonds is 13. The molecule has 72 heavy (non-hydrogen) atoms. The number of carboxylic acids is 2. The number of aliphatic carboxylic acids is 2. The number of carbonyl (C=O) groups excluding carboxylic acids is 1. The minimum atomic E-state index is -4.51. The molecule has 5 heterocycles. The minimum Gasteiger partial charge on any atom is -0.480 e. The van der Waals surface area contributed by atoms with Gasteiger partial charge in [-0.25, -0.2) is 15.0 Å². The quantitative estimate of drug-likeness (QED) is 0.0338. The molecule has 0 radical (unpaired) electrons. The van der Waals surface area contributed by atoms with Crippen molar-refractivity contribution in [2.45, 2.75) is 37.1 Å². The highest BCUT2D eigenvalue weighted by molar-refractivity contribution is 7.61. The van der Waals surface area contributed by atoms with Crippen LogP contribution in [0.1, 0.15) is 23.2 Å². The molecule has 2 saturated heterocycles. The molecule has 32 nitrogen and oxygen atoms in total. The van der Waals surface area contributed by atoms with E-state index < -0.39 is 71.9 Å². The van der Waals surface area contributed by atoms with Crippen molar-refractivity contribution in [1.82, 2.24) is 35.9 Å². The number of carboxylic acid groups (broad SMARTS) is 2. The lowest BCUT2D eigenvalue weighted by Gasteiger charge is -2.10. The number of aliphatic hydroxyl groups is 1. The van der Waals surface area contributed by atoms with Crippen molar-refractivity contribution in [3.05, 3.63) is 73.1 Å². The highest BCUT2D eigenvalue weighted by Gasteiger charge is 2.28. The van der Waals surface area contributed by atoms with E-state index in [1.54, 1.807) is 7.11 Å². The Balaban J connectivity index is 0.000000446.